The maximum absolute atomic E-state index is 12.5. The van der Waals surface area contributed by atoms with E-state index in [-0.39, 0.29) is 6.03 Å². The van der Waals surface area contributed by atoms with Crippen LogP contribution in [0.2, 0.25) is 0 Å². The van der Waals surface area contributed by atoms with Crippen LogP contribution < -0.4 is 5.32 Å². The summed E-state index contributed by atoms with van der Waals surface area (Å²) in [6.45, 7) is 10.9. The van der Waals surface area contributed by atoms with Crippen molar-refractivity contribution in [2.45, 2.75) is 33.9 Å². The number of rotatable bonds is 4. The molecule has 3 rings (SSSR count). The fourth-order valence-electron chi connectivity index (χ4n) is 3.18. The Morgan fingerprint density at radius 1 is 1.20 bits per heavy atom. The molecule has 0 spiro atoms. The summed E-state index contributed by atoms with van der Waals surface area (Å²) in [6.07, 6.45) is 3.86. The second-order valence-corrected chi connectivity index (χ2v) is 6.49. The van der Waals surface area contributed by atoms with Gasteiger partial charge in [0.25, 0.3) is 0 Å². The van der Waals surface area contributed by atoms with Gasteiger partial charge < -0.3 is 9.47 Å². The molecule has 2 aromatic rings. The van der Waals surface area contributed by atoms with E-state index >= 15 is 0 Å². The van der Waals surface area contributed by atoms with Gasteiger partial charge in [0.2, 0.25) is 0 Å². The zero-order valence-corrected chi connectivity index (χ0v) is 15.2. The molecule has 1 N–H and O–H groups in total. The van der Waals surface area contributed by atoms with Crippen molar-refractivity contribution >= 4 is 11.8 Å². The van der Waals surface area contributed by atoms with E-state index in [0.717, 1.165) is 43.3 Å². The summed E-state index contributed by atoms with van der Waals surface area (Å²) in [6, 6.07) is 3.81. The zero-order valence-electron chi connectivity index (χ0n) is 15.2. The third-order valence-electron chi connectivity index (χ3n) is 4.50. The molecule has 0 unspecified atom stereocenters. The number of carbonyl (C=O) groups is 1. The van der Waals surface area contributed by atoms with Crippen molar-refractivity contribution in [3.8, 4) is 0 Å². The molecule has 0 atom stereocenters. The Hall–Kier alpha value is -2.41. The molecule has 1 fully saturated rings. The van der Waals surface area contributed by atoms with Crippen LogP contribution in [0.4, 0.5) is 10.6 Å². The van der Waals surface area contributed by atoms with Gasteiger partial charge in [-0.3, -0.25) is 10.2 Å². The molecule has 0 bridgehead atoms. The Morgan fingerprint density at radius 2 is 1.96 bits per heavy atom. The van der Waals surface area contributed by atoms with Gasteiger partial charge in [-0.15, -0.1) is 0 Å². The number of aromatic nitrogens is 3. The summed E-state index contributed by atoms with van der Waals surface area (Å²) in [5, 5.41) is 2.91. The number of hydrogen-bond donors (Lipinski definition) is 1. The topological polar surface area (TPSA) is 66.3 Å². The van der Waals surface area contributed by atoms with Gasteiger partial charge in [0.05, 0.1) is 6.54 Å². The Balaban J connectivity index is 1.52. The second-order valence-electron chi connectivity index (χ2n) is 6.49. The lowest BCUT2D eigenvalue weighted by Crippen LogP contribution is -2.49. The Morgan fingerprint density at radius 3 is 2.64 bits per heavy atom. The lowest BCUT2D eigenvalue weighted by Gasteiger charge is -2.34. The van der Waals surface area contributed by atoms with Gasteiger partial charge in [-0.1, -0.05) is 0 Å². The van der Waals surface area contributed by atoms with Gasteiger partial charge in [0.15, 0.2) is 0 Å². The Bertz CT molecular complexity index is 713. The van der Waals surface area contributed by atoms with Gasteiger partial charge in [0, 0.05) is 50.8 Å². The van der Waals surface area contributed by atoms with Crippen LogP contribution in [-0.4, -0.2) is 56.5 Å². The van der Waals surface area contributed by atoms with Crippen LogP contribution >= 0.6 is 0 Å². The van der Waals surface area contributed by atoms with Crippen molar-refractivity contribution in [2.24, 2.45) is 0 Å². The highest BCUT2D eigenvalue weighted by molar-refractivity contribution is 5.88. The summed E-state index contributed by atoms with van der Waals surface area (Å²) < 4.78 is 2.16. The van der Waals surface area contributed by atoms with Crippen LogP contribution in [0.5, 0.6) is 0 Å². The highest BCUT2D eigenvalue weighted by Crippen LogP contribution is 2.12. The van der Waals surface area contributed by atoms with E-state index in [4.69, 9.17) is 0 Å². The number of amides is 2. The van der Waals surface area contributed by atoms with E-state index < -0.39 is 0 Å². The first-order valence-electron chi connectivity index (χ1n) is 8.78. The van der Waals surface area contributed by atoms with E-state index in [0.29, 0.717) is 18.9 Å². The first-order chi connectivity index (χ1) is 12.0. The number of imidazole rings is 1. The SMILES string of the molecule is CCn1ccnc1CN1CCN(C(=O)Nc2cc(C)cc(C)n2)CC1. The van der Waals surface area contributed by atoms with Gasteiger partial charge in [-0.2, -0.15) is 0 Å². The molecular formula is C18H26N6O. The minimum absolute atomic E-state index is 0.0767. The van der Waals surface area contributed by atoms with Crippen molar-refractivity contribution in [3.05, 3.63) is 41.6 Å². The van der Waals surface area contributed by atoms with Crippen LogP contribution in [0.1, 0.15) is 24.0 Å². The third kappa shape index (κ3) is 4.36. The van der Waals surface area contributed by atoms with Crippen LogP contribution in [0.3, 0.4) is 0 Å². The summed E-state index contributed by atoms with van der Waals surface area (Å²) in [7, 11) is 0. The van der Waals surface area contributed by atoms with Crippen LogP contribution in [-0.2, 0) is 13.1 Å². The Kier molecular flexibility index (Phi) is 5.33. The molecule has 7 heteroatoms. The number of hydrogen-bond acceptors (Lipinski definition) is 4. The van der Waals surface area contributed by atoms with Gasteiger partial charge in [-0.25, -0.2) is 14.8 Å². The number of nitrogens with one attached hydrogen (secondary N) is 1. The number of pyridine rings is 1. The second kappa shape index (κ2) is 7.65. The van der Waals surface area contributed by atoms with Crippen molar-refractivity contribution < 1.29 is 4.79 Å². The minimum Gasteiger partial charge on any atom is -0.334 e. The average molecular weight is 342 g/mol. The smallest absolute Gasteiger partial charge is 0.323 e. The molecule has 7 nitrogen and oxygen atoms in total. The van der Waals surface area contributed by atoms with Crippen molar-refractivity contribution in [3.63, 3.8) is 0 Å². The quantitative estimate of drug-likeness (QED) is 0.926. The molecule has 1 aliphatic heterocycles. The van der Waals surface area contributed by atoms with Gasteiger partial charge >= 0.3 is 6.03 Å². The first kappa shape index (κ1) is 17.4. The van der Waals surface area contributed by atoms with Crippen LogP contribution in [0.15, 0.2) is 24.5 Å². The molecule has 0 saturated carbocycles. The van der Waals surface area contributed by atoms with Gasteiger partial charge in [0.1, 0.15) is 11.6 Å². The van der Waals surface area contributed by atoms with Crippen LogP contribution in [0.25, 0.3) is 0 Å². The maximum atomic E-state index is 12.5. The van der Waals surface area contributed by atoms with E-state index in [9.17, 15) is 4.79 Å². The molecule has 0 radical (unpaired) electrons. The van der Waals surface area contributed by atoms with E-state index in [1.807, 2.05) is 43.3 Å². The first-order valence-corrected chi connectivity index (χ1v) is 8.78. The summed E-state index contributed by atoms with van der Waals surface area (Å²) >= 11 is 0. The molecule has 0 aliphatic carbocycles. The number of urea groups is 1. The minimum atomic E-state index is -0.0767. The maximum Gasteiger partial charge on any atom is 0.323 e. The number of carbonyl (C=O) groups excluding carboxylic acids is 1. The molecule has 134 valence electrons. The fourth-order valence-corrected chi connectivity index (χ4v) is 3.18. The molecule has 1 aliphatic rings. The highest BCUT2D eigenvalue weighted by atomic mass is 16.2. The van der Waals surface area contributed by atoms with E-state index in [1.54, 1.807) is 0 Å². The number of aryl methyl sites for hydroxylation is 3. The van der Waals surface area contributed by atoms with Crippen LogP contribution in [0, 0.1) is 13.8 Å². The zero-order chi connectivity index (χ0) is 17.8. The standard InChI is InChI=1S/C18H26N6O/c1-4-23-6-5-19-17(23)13-22-7-9-24(10-8-22)18(25)21-16-12-14(2)11-15(3)20-16/h5-6,11-12H,4,7-10,13H2,1-3H3,(H,20,21,25). The van der Waals surface area contributed by atoms with E-state index in [1.165, 1.54) is 0 Å². The lowest BCUT2D eigenvalue weighted by atomic mass is 10.2. The monoisotopic (exact) mass is 342 g/mol. The summed E-state index contributed by atoms with van der Waals surface area (Å²) in [4.78, 5) is 25.4. The largest absolute Gasteiger partial charge is 0.334 e. The molecule has 2 amide bonds. The lowest BCUT2D eigenvalue weighted by molar-refractivity contribution is 0.140. The number of nitrogens with zero attached hydrogens (tertiary/aromatic N) is 5. The average Bonchev–Trinajstić information content (AvgIpc) is 3.01. The number of anilines is 1. The van der Waals surface area contributed by atoms with E-state index in [2.05, 4.69) is 31.7 Å². The molecular weight excluding hydrogens is 316 g/mol. The molecule has 25 heavy (non-hydrogen) atoms. The van der Waals surface area contributed by atoms with Crippen molar-refractivity contribution in [1.29, 1.82) is 0 Å². The predicted octanol–water partition coefficient (Wildman–Crippen LogP) is 2.26. The van der Waals surface area contributed by atoms with Crippen molar-refractivity contribution in [1.82, 2.24) is 24.3 Å². The number of piperazine rings is 1. The Labute approximate surface area is 148 Å². The normalized spacial score (nSPS) is 15.4. The van der Waals surface area contributed by atoms with Crippen molar-refractivity contribution in [2.75, 3.05) is 31.5 Å². The highest BCUT2D eigenvalue weighted by Gasteiger charge is 2.22. The molecule has 0 aromatic carbocycles. The summed E-state index contributed by atoms with van der Waals surface area (Å²) in [5.74, 6) is 1.70. The molecule has 1 saturated heterocycles. The predicted molar refractivity (Wildman–Crippen MR) is 97.5 cm³/mol. The molecule has 2 aromatic heterocycles. The molecule has 3 heterocycles. The fraction of sp³-hybridized carbons (Fsp3) is 0.500. The summed E-state index contributed by atoms with van der Waals surface area (Å²) in [5.41, 5.74) is 2.01. The van der Waals surface area contributed by atoms with Gasteiger partial charge in [-0.05, 0) is 38.5 Å². The third-order valence-corrected chi connectivity index (χ3v) is 4.50.